The van der Waals surface area contributed by atoms with Crippen molar-refractivity contribution in [2.24, 2.45) is 0 Å². The van der Waals surface area contributed by atoms with Gasteiger partial charge in [0.15, 0.2) is 0 Å². The molecule has 0 aromatic carbocycles. The average Bonchev–Trinajstić information content (AvgIpc) is 2.75. The van der Waals surface area contributed by atoms with E-state index in [1.807, 2.05) is 19.9 Å². The van der Waals surface area contributed by atoms with Crippen molar-refractivity contribution in [1.29, 1.82) is 0 Å². The number of ether oxygens (including phenoxy) is 1. The predicted molar refractivity (Wildman–Crippen MR) is 72.5 cm³/mol. The molecule has 116 valence electrons. The SMILES string of the molecule is Cc1cc(C)n2nc(SCCCOCC(F)(F)F)nc2n1. The highest BCUT2D eigenvalue weighted by Gasteiger charge is 2.27. The fourth-order valence-electron chi connectivity index (χ4n) is 1.72. The van der Waals surface area contributed by atoms with Crippen LogP contribution in [0.3, 0.4) is 0 Å². The maximum atomic E-state index is 11.9. The van der Waals surface area contributed by atoms with Crippen LogP contribution in [0.4, 0.5) is 13.2 Å². The van der Waals surface area contributed by atoms with Gasteiger partial charge >= 0.3 is 6.18 Å². The second kappa shape index (κ2) is 6.61. The number of hydrogen-bond donors (Lipinski definition) is 0. The Morgan fingerprint density at radius 1 is 1.29 bits per heavy atom. The van der Waals surface area contributed by atoms with Gasteiger partial charge in [0.1, 0.15) is 6.61 Å². The van der Waals surface area contributed by atoms with Crippen molar-refractivity contribution in [1.82, 2.24) is 19.6 Å². The summed E-state index contributed by atoms with van der Waals surface area (Å²) in [5.41, 5.74) is 1.80. The molecule has 0 saturated carbocycles. The Kier molecular flexibility index (Phi) is 5.04. The Morgan fingerprint density at radius 3 is 2.76 bits per heavy atom. The van der Waals surface area contributed by atoms with Crippen LogP contribution in [0.25, 0.3) is 5.78 Å². The quantitative estimate of drug-likeness (QED) is 0.605. The van der Waals surface area contributed by atoms with Crippen LogP contribution in [0, 0.1) is 13.8 Å². The number of alkyl halides is 3. The van der Waals surface area contributed by atoms with Crippen LogP contribution < -0.4 is 0 Å². The summed E-state index contributed by atoms with van der Waals surface area (Å²) >= 11 is 1.37. The van der Waals surface area contributed by atoms with Gasteiger partial charge in [0.2, 0.25) is 5.16 Å². The van der Waals surface area contributed by atoms with E-state index in [0.29, 0.717) is 23.1 Å². The minimum Gasteiger partial charge on any atom is -0.372 e. The molecule has 2 heterocycles. The molecular formula is C12H15F3N4OS. The molecule has 0 aliphatic heterocycles. The van der Waals surface area contributed by atoms with Crippen LogP contribution in [0.15, 0.2) is 11.2 Å². The molecule has 0 radical (unpaired) electrons. The highest BCUT2D eigenvalue weighted by atomic mass is 32.2. The molecule has 0 spiro atoms. The van der Waals surface area contributed by atoms with Gasteiger partial charge in [-0.1, -0.05) is 11.8 Å². The summed E-state index contributed by atoms with van der Waals surface area (Å²) in [6.45, 7) is 2.66. The highest BCUT2D eigenvalue weighted by molar-refractivity contribution is 7.99. The van der Waals surface area contributed by atoms with E-state index >= 15 is 0 Å². The Bertz CT molecular complexity index is 614. The third kappa shape index (κ3) is 4.85. The topological polar surface area (TPSA) is 52.3 Å². The van der Waals surface area contributed by atoms with Crippen LogP contribution in [-0.2, 0) is 4.74 Å². The summed E-state index contributed by atoms with van der Waals surface area (Å²) in [6.07, 6.45) is -3.76. The minimum absolute atomic E-state index is 0.0657. The number of aryl methyl sites for hydroxylation is 2. The van der Waals surface area contributed by atoms with Crippen molar-refractivity contribution in [2.75, 3.05) is 19.0 Å². The Labute approximate surface area is 123 Å². The summed E-state index contributed by atoms with van der Waals surface area (Å²) in [6, 6.07) is 1.90. The van der Waals surface area contributed by atoms with Crippen LogP contribution in [-0.4, -0.2) is 44.7 Å². The lowest BCUT2D eigenvalue weighted by molar-refractivity contribution is -0.173. The number of thioether (sulfide) groups is 1. The zero-order valence-corrected chi connectivity index (χ0v) is 12.5. The van der Waals surface area contributed by atoms with Crippen LogP contribution in [0.1, 0.15) is 17.8 Å². The smallest absolute Gasteiger partial charge is 0.372 e. The van der Waals surface area contributed by atoms with Crippen molar-refractivity contribution in [2.45, 2.75) is 31.6 Å². The standard InChI is InChI=1S/C12H15F3N4OS/c1-8-6-9(2)19-10(16-8)17-11(18-19)21-5-3-4-20-7-12(13,14)15/h6H,3-5,7H2,1-2H3. The van der Waals surface area contributed by atoms with Gasteiger partial charge in [0, 0.05) is 23.7 Å². The largest absolute Gasteiger partial charge is 0.411 e. The minimum atomic E-state index is -4.27. The van der Waals surface area contributed by atoms with Gasteiger partial charge in [-0.25, -0.2) is 9.50 Å². The third-order valence-corrected chi connectivity index (χ3v) is 3.45. The second-order valence-electron chi connectivity index (χ2n) is 4.51. The zero-order valence-electron chi connectivity index (χ0n) is 11.6. The molecule has 0 atom stereocenters. The van der Waals surface area contributed by atoms with Crippen molar-refractivity contribution >= 4 is 17.5 Å². The molecule has 0 aliphatic rings. The third-order valence-electron chi connectivity index (χ3n) is 2.53. The maximum Gasteiger partial charge on any atom is 0.411 e. The van der Waals surface area contributed by atoms with Crippen molar-refractivity contribution in [3.05, 3.63) is 17.5 Å². The monoisotopic (exact) mass is 320 g/mol. The van der Waals surface area contributed by atoms with E-state index in [0.717, 1.165) is 11.4 Å². The first kappa shape index (κ1) is 16.0. The van der Waals surface area contributed by atoms with Gasteiger partial charge < -0.3 is 4.74 Å². The molecule has 2 aromatic heterocycles. The molecule has 9 heteroatoms. The van der Waals surface area contributed by atoms with Crippen LogP contribution in [0.5, 0.6) is 0 Å². The Balaban J connectivity index is 1.80. The van der Waals surface area contributed by atoms with Gasteiger partial charge in [0.25, 0.3) is 5.78 Å². The molecule has 0 amide bonds. The maximum absolute atomic E-state index is 11.9. The highest BCUT2D eigenvalue weighted by Crippen LogP contribution is 2.17. The summed E-state index contributed by atoms with van der Waals surface area (Å²) in [5.74, 6) is 1.12. The average molecular weight is 320 g/mol. The lowest BCUT2D eigenvalue weighted by Gasteiger charge is -2.06. The summed E-state index contributed by atoms with van der Waals surface area (Å²) < 4.78 is 41.8. The first-order chi connectivity index (χ1) is 9.85. The van der Waals surface area contributed by atoms with E-state index in [-0.39, 0.29) is 6.61 Å². The van der Waals surface area contributed by atoms with Gasteiger partial charge in [-0.15, -0.1) is 5.10 Å². The molecule has 5 nitrogen and oxygen atoms in total. The zero-order chi connectivity index (χ0) is 15.5. The number of halogens is 3. The second-order valence-corrected chi connectivity index (χ2v) is 5.58. The lowest BCUT2D eigenvalue weighted by Crippen LogP contribution is -2.17. The molecular weight excluding hydrogens is 305 g/mol. The molecule has 0 bridgehead atoms. The normalized spacial score (nSPS) is 12.2. The molecule has 0 unspecified atom stereocenters. The van der Waals surface area contributed by atoms with Gasteiger partial charge in [-0.2, -0.15) is 18.2 Å². The molecule has 2 aromatic rings. The van der Waals surface area contributed by atoms with Crippen molar-refractivity contribution in [3.63, 3.8) is 0 Å². The predicted octanol–water partition coefficient (Wildman–Crippen LogP) is 2.80. The molecule has 0 saturated heterocycles. The van der Waals surface area contributed by atoms with E-state index in [1.165, 1.54) is 11.8 Å². The number of rotatable bonds is 6. The summed E-state index contributed by atoms with van der Waals surface area (Å²) in [4.78, 5) is 8.54. The summed E-state index contributed by atoms with van der Waals surface area (Å²) in [7, 11) is 0. The number of nitrogens with zero attached hydrogens (tertiary/aromatic N) is 4. The molecule has 21 heavy (non-hydrogen) atoms. The van der Waals surface area contributed by atoms with E-state index in [4.69, 9.17) is 0 Å². The van der Waals surface area contributed by atoms with Crippen molar-refractivity contribution in [3.8, 4) is 0 Å². The first-order valence-electron chi connectivity index (χ1n) is 6.33. The van der Waals surface area contributed by atoms with E-state index < -0.39 is 12.8 Å². The van der Waals surface area contributed by atoms with Crippen LogP contribution >= 0.6 is 11.8 Å². The van der Waals surface area contributed by atoms with Crippen molar-refractivity contribution < 1.29 is 17.9 Å². The van der Waals surface area contributed by atoms with Crippen LogP contribution in [0.2, 0.25) is 0 Å². The number of fused-ring (bicyclic) bond motifs is 1. The fourth-order valence-corrected chi connectivity index (χ4v) is 2.45. The molecule has 0 aliphatic carbocycles. The van der Waals surface area contributed by atoms with Gasteiger partial charge in [0.05, 0.1) is 0 Å². The summed E-state index contributed by atoms with van der Waals surface area (Å²) in [5, 5.41) is 4.86. The van der Waals surface area contributed by atoms with E-state index in [1.54, 1.807) is 4.52 Å². The first-order valence-corrected chi connectivity index (χ1v) is 7.32. The number of aromatic nitrogens is 4. The van der Waals surface area contributed by atoms with Gasteiger partial charge in [-0.05, 0) is 26.3 Å². The lowest BCUT2D eigenvalue weighted by atomic mass is 10.4. The molecule has 0 N–H and O–H groups in total. The number of hydrogen-bond acceptors (Lipinski definition) is 5. The van der Waals surface area contributed by atoms with Gasteiger partial charge in [-0.3, -0.25) is 0 Å². The molecule has 0 fully saturated rings. The van der Waals surface area contributed by atoms with E-state index in [2.05, 4.69) is 19.8 Å². The Morgan fingerprint density at radius 2 is 2.05 bits per heavy atom. The van der Waals surface area contributed by atoms with E-state index in [9.17, 15) is 13.2 Å². The Hall–Kier alpha value is -1.35. The molecule has 2 rings (SSSR count). The fraction of sp³-hybridized carbons (Fsp3) is 0.583.